The van der Waals surface area contributed by atoms with Crippen molar-refractivity contribution in [3.05, 3.63) is 48.1 Å². The minimum absolute atomic E-state index is 0.310. The smallest absolute Gasteiger partial charge is 0.327 e. The lowest BCUT2D eigenvalue weighted by Crippen LogP contribution is -1.92. The molecular formula is C17H20O4. The maximum absolute atomic E-state index is 10.3. The fraction of sp³-hybridized carbons (Fsp3) is 0.353. The zero-order valence-corrected chi connectivity index (χ0v) is 12.0. The van der Waals surface area contributed by atoms with Crippen molar-refractivity contribution >= 4 is 5.97 Å². The Morgan fingerprint density at radius 1 is 1.10 bits per heavy atom. The van der Waals surface area contributed by atoms with Crippen molar-refractivity contribution in [2.45, 2.75) is 32.1 Å². The van der Waals surface area contributed by atoms with Gasteiger partial charge in [0.05, 0.1) is 0 Å². The number of hydrogen-bond donors (Lipinski definition) is 1. The van der Waals surface area contributed by atoms with Gasteiger partial charge in [-0.1, -0.05) is 24.3 Å². The lowest BCUT2D eigenvalue weighted by molar-refractivity contribution is -0.131. The Hall–Kier alpha value is -2.23. The third kappa shape index (κ3) is 5.34. The Morgan fingerprint density at radius 3 is 2.67 bits per heavy atom. The highest BCUT2D eigenvalue weighted by atomic mass is 16.7. The highest BCUT2D eigenvalue weighted by Crippen LogP contribution is 2.32. The zero-order chi connectivity index (χ0) is 14.9. The van der Waals surface area contributed by atoms with Crippen molar-refractivity contribution in [1.82, 2.24) is 0 Å². The van der Waals surface area contributed by atoms with Gasteiger partial charge in [-0.05, 0) is 49.8 Å². The molecule has 0 aliphatic carbocycles. The maximum atomic E-state index is 10.3. The molecular weight excluding hydrogens is 268 g/mol. The number of hydrogen-bond acceptors (Lipinski definition) is 3. The summed E-state index contributed by atoms with van der Waals surface area (Å²) in [5.41, 5.74) is 1.21. The number of carboxylic acids is 1. The van der Waals surface area contributed by atoms with Crippen molar-refractivity contribution < 1.29 is 19.4 Å². The summed E-state index contributed by atoms with van der Waals surface area (Å²) in [6.45, 7) is 0.310. The summed E-state index contributed by atoms with van der Waals surface area (Å²) in [5.74, 6) is 0.766. The van der Waals surface area contributed by atoms with Crippen LogP contribution in [0.5, 0.6) is 11.5 Å². The molecule has 21 heavy (non-hydrogen) atoms. The summed E-state index contributed by atoms with van der Waals surface area (Å²) in [5, 5.41) is 8.44. The molecule has 0 unspecified atom stereocenters. The first-order chi connectivity index (χ1) is 10.3. The molecule has 2 rings (SSSR count). The van der Waals surface area contributed by atoms with Gasteiger partial charge in [-0.2, -0.15) is 0 Å². The number of unbranched alkanes of at least 4 members (excludes halogenated alkanes) is 3. The van der Waals surface area contributed by atoms with E-state index in [-0.39, 0.29) is 0 Å². The minimum atomic E-state index is -0.876. The molecule has 4 heteroatoms. The van der Waals surface area contributed by atoms with Crippen molar-refractivity contribution in [2.75, 3.05) is 6.79 Å². The van der Waals surface area contributed by atoms with Crippen LogP contribution in [-0.2, 0) is 11.2 Å². The number of ether oxygens (including phenoxy) is 2. The molecule has 0 saturated heterocycles. The van der Waals surface area contributed by atoms with Crippen LogP contribution in [0.2, 0.25) is 0 Å². The summed E-state index contributed by atoms with van der Waals surface area (Å²) >= 11 is 0. The van der Waals surface area contributed by atoms with E-state index in [0.29, 0.717) is 6.79 Å². The van der Waals surface area contributed by atoms with Crippen LogP contribution in [-0.4, -0.2) is 17.9 Å². The molecule has 1 aliphatic rings. The Labute approximate surface area is 124 Å². The van der Waals surface area contributed by atoms with E-state index < -0.39 is 5.97 Å². The fourth-order valence-corrected chi connectivity index (χ4v) is 2.11. The van der Waals surface area contributed by atoms with Gasteiger partial charge in [0.1, 0.15) is 0 Å². The van der Waals surface area contributed by atoms with Crippen LogP contribution in [0.15, 0.2) is 42.5 Å². The average molecular weight is 288 g/mol. The highest BCUT2D eigenvalue weighted by Gasteiger charge is 2.12. The number of benzene rings is 1. The second-order valence-corrected chi connectivity index (χ2v) is 4.89. The Morgan fingerprint density at radius 2 is 1.86 bits per heavy atom. The molecule has 0 spiro atoms. The number of fused-ring (bicyclic) bond motifs is 1. The molecule has 0 aromatic heterocycles. The molecule has 1 heterocycles. The number of aliphatic carboxylic acids is 1. The molecule has 1 N–H and O–H groups in total. The largest absolute Gasteiger partial charge is 0.478 e. The minimum Gasteiger partial charge on any atom is -0.478 e. The Bertz CT molecular complexity index is 532. The monoisotopic (exact) mass is 288 g/mol. The van der Waals surface area contributed by atoms with E-state index in [0.717, 1.165) is 43.6 Å². The number of allylic oxidation sites excluding steroid dienone is 3. The second-order valence-electron chi connectivity index (χ2n) is 4.89. The van der Waals surface area contributed by atoms with Crippen LogP contribution in [0.3, 0.4) is 0 Å². The van der Waals surface area contributed by atoms with Crippen molar-refractivity contribution in [1.29, 1.82) is 0 Å². The van der Waals surface area contributed by atoms with E-state index in [2.05, 4.69) is 18.2 Å². The first-order valence-corrected chi connectivity index (χ1v) is 7.19. The first-order valence-electron chi connectivity index (χ1n) is 7.19. The fourth-order valence-electron chi connectivity index (χ4n) is 2.11. The molecule has 0 fully saturated rings. The number of carboxylic acid groups (broad SMARTS) is 1. The van der Waals surface area contributed by atoms with Gasteiger partial charge in [-0.25, -0.2) is 4.79 Å². The van der Waals surface area contributed by atoms with Crippen LogP contribution >= 0.6 is 0 Å². The average Bonchev–Trinajstić information content (AvgIpc) is 2.92. The Kier molecular flexibility index (Phi) is 5.88. The van der Waals surface area contributed by atoms with Crippen LogP contribution in [0, 0.1) is 0 Å². The quantitative estimate of drug-likeness (QED) is 0.450. The number of carbonyl (C=O) groups is 1. The van der Waals surface area contributed by atoms with E-state index in [1.165, 1.54) is 11.6 Å². The molecule has 0 radical (unpaired) electrons. The van der Waals surface area contributed by atoms with E-state index in [1.54, 1.807) is 6.08 Å². The molecule has 1 aromatic rings. The molecule has 112 valence electrons. The summed E-state index contributed by atoms with van der Waals surface area (Å²) < 4.78 is 10.6. The summed E-state index contributed by atoms with van der Waals surface area (Å²) in [4.78, 5) is 10.3. The van der Waals surface area contributed by atoms with E-state index in [9.17, 15) is 4.79 Å². The van der Waals surface area contributed by atoms with Crippen LogP contribution in [0.4, 0.5) is 0 Å². The van der Waals surface area contributed by atoms with Gasteiger partial charge in [0.15, 0.2) is 11.5 Å². The van der Waals surface area contributed by atoms with Gasteiger partial charge in [-0.3, -0.25) is 0 Å². The van der Waals surface area contributed by atoms with E-state index >= 15 is 0 Å². The van der Waals surface area contributed by atoms with Gasteiger partial charge in [0.25, 0.3) is 0 Å². The summed E-state index contributed by atoms with van der Waals surface area (Å²) in [6.07, 6.45) is 12.0. The maximum Gasteiger partial charge on any atom is 0.327 e. The molecule has 4 nitrogen and oxygen atoms in total. The SMILES string of the molecule is O=C(O)/C=C/CCCC/C=C/Cc1ccc2c(c1)OCO2. The Balaban J connectivity index is 1.61. The van der Waals surface area contributed by atoms with Crippen LogP contribution < -0.4 is 9.47 Å². The number of rotatable bonds is 8. The molecule has 0 saturated carbocycles. The van der Waals surface area contributed by atoms with Gasteiger partial charge < -0.3 is 14.6 Å². The van der Waals surface area contributed by atoms with E-state index in [1.807, 2.05) is 12.1 Å². The predicted octanol–water partition coefficient (Wildman–Crippen LogP) is 3.72. The zero-order valence-electron chi connectivity index (χ0n) is 12.0. The van der Waals surface area contributed by atoms with Crippen LogP contribution in [0.25, 0.3) is 0 Å². The van der Waals surface area contributed by atoms with Crippen molar-refractivity contribution in [3.63, 3.8) is 0 Å². The summed E-state index contributed by atoms with van der Waals surface area (Å²) in [7, 11) is 0. The van der Waals surface area contributed by atoms with Gasteiger partial charge >= 0.3 is 5.97 Å². The van der Waals surface area contributed by atoms with Gasteiger partial charge in [-0.15, -0.1) is 0 Å². The summed E-state index contributed by atoms with van der Waals surface area (Å²) in [6, 6.07) is 6.01. The van der Waals surface area contributed by atoms with Crippen molar-refractivity contribution in [2.24, 2.45) is 0 Å². The lowest BCUT2D eigenvalue weighted by atomic mass is 10.1. The first kappa shape index (κ1) is 15.2. The van der Waals surface area contributed by atoms with Gasteiger partial charge in [0, 0.05) is 6.08 Å². The second kappa shape index (κ2) is 8.15. The molecule has 1 aliphatic heterocycles. The highest BCUT2D eigenvalue weighted by molar-refractivity contribution is 5.79. The predicted molar refractivity (Wildman–Crippen MR) is 80.7 cm³/mol. The normalized spacial score (nSPS) is 13.3. The molecule has 0 bridgehead atoms. The third-order valence-corrected chi connectivity index (χ3v) is 3.21. The molecule has 0 amide bonds. The van der Waals surface area contributed by atoms with E-state index in [4.69, 9.17) is 14.6 Å². The standard InChI is InChI=1S/C17H20O4/c18-17(19)9-7-5-3-1-2-4-6-8-14-10-11-15-16(12-14)21-13-20-15/h4,6-7,9-12H,1-3,5,8,13H2,(H,18,19)/b6-4+,9-7+. The lowest BCUT2D eigenvalue weighted by Gasteiger charge is -1.99. The van der Waals surface area contributed by atoms with Crippen molar-refractivity contribution in [3.8, 4) is 11.5 Å². The topological polar surface area (TPSA) is 55.8 Å². The third-order valence-electron chi connectivity index (χ3n) is 3.21. The van der Waals surface area contributed by atoms with Gasteiger partial charge in [0.2, 0.25) is 6.79 Å². The van der Waals surface area contributed by atoms with Crippen LogP contribution in [0.1, 0.15) is 31.2 Å². The molecule has 1 aromatic carbocycles. The molecule has 0 atom stereocenters.